The summed E-state index contributed by atoms with van der Waals surface area (Å²) in [5.74, 6) is 2.09. The summed E-state index contributed by atoms with van der Waals surface area (Å²) < 4.78 is 0. The molecule has 86 valence electrons. The molecule has 2 aliphatic carbocycles. The number of carbonyl (C=O) groups excluding carboxylic acids is 1. The first kappa shape index (κ1) is 11.0. The van der Waals surface area contributed by atoms with Crippen LogP contribution in [0.15, 0.2) is 0 Å². The van der Waals surface area contributed by atoms with Gasteiger partial charge in [-0.1, -0.05) is 26.7 Å². The van der Waals surface area contributed by atoms with Gasteiger partial charge in [0.25, 0.3) is 0 Å². The van der Waals surface area contributed by atoms with Gasteiger partial charge in [0.15, 0.2) is 0 Å². The lowest BCUT2D eigenvalue weighted by molar-refractivity contribution is -0.135. The van der Waals surface area contributed by atoms with E-state index in [1.54, 1.807) is 0 Å². The molecule has 0 aliphatic heterocycles. The van der Waals surface area contributed by atoms with E-state index >= 15 is 0 Å². The SMILES string of the molecule is CC1CC1C(=O)N(C)C1CCCCC1C. The average molecular weight is 209 g/mol. The number of carbonyl (C=O) groups is 1. The first-order valence-electron chi connectivity index (χ1n) is 6.38. The van der Waals surface area contributed by atoms with Crippen molar-refractivity contribution < 1.29 is 4.79 Å². The number of hydrogen-bond donors (Lipinski definition) is 0. The van der Waals surface area contributed by atoms with Gasteiger partial charge in [0, 0.05) is 19.0 Å². The van der Waals surface area contributed by atoms with Crippen LogP contribution in [0.2, 0.25) is 0 Å². The summed E-state index contributed by atoms with van der Waals surface area (Å²) in [5.41, 5.74) is 0. The molecule has 2 nitrogen and oxygen atoms in total. The molecular weight excluding hydrogens is 186 g/mol. The van der Waals surface area contributed by atoms with Crippen molar-refractivity contribution in [2.45, 2.75) is 52.0 Å². The highest BCUT2D eigenvalue weighted by molar-refractivity contribution is 5.81. The number of rotatable bonds is 2. The van der Waals surface area contributed by atoms with Crippen LogP contribution in [0.25, 0.3) is 0 Å². The van der Waals surface area contributed by atoms with Gasteiger partial charge in [-0.2, -0.15) is 0 Å². The van der Waals surface area contributed by atoms with Crippen LogP contribution in [0, 0.1) is 17.8 Å². The molecule has 4 unspecified atom stereocenters. The van der Waals surface area contributed by atoms with Crippen LogP contribution < -0.4 is 0 Å². The second-order valence-electron chi connectivity index (χ2n) is 5.60. The second kappa shape index (κ2) is 4.15. The molecule has 2 saturated carbocycles. The summed E-state index contributed by atoms with van der Waals surface area (Å²) in [6, 6.07) is 0.513. The van der Waals surface area contributed by atoms with E-state index in [4.69, 9.17) is 0 Å². The number of nitrogens with zero attached hydrogens (tertiary/aromatic N) is 1. The molecule has 0 spiro atoms. The molecule has 2 aliphatic rings. The van der Waals surface area contributed by atoms with Crippen molar-refractivity contribution in [3.05, 3.63) is 0 Å². The zero-order valence-electron chi connectivity index (χ0n) is 10.2. The van der Waals surface area contributed by atoms with E-state index in [1.807, 2.05) is 7.05 Å². The van der Waals surface area contributed by atoms with Crippen molar-refractivity contribution in [1.82, 2.24) is 4.90 Å². The van der Waals surface area contributed by atoms with E-state index in [2.05, 4.69) is 18.7 Å². The van der Waals surface area contributed by atoms with E-state index in [0.29, 0.717) is 29.7 Å². The van der Waals surface area contributed by atoms with Crippen molar-refractivity contribution in [1.29, 1.82) is 0 Å². The van der Waals surface area contributed by atoms with Crippen LogP contribution in [0.5, 0.6) is 0 Å². The zero-order valence-corrected chi connectivity index (χ0v) is 10.2. The molecular formula is C13H23NO. The molecule has 2 heteroatoms. The highest BCUT2D eigenvalue weighted by Gasteiger charge is 2.42. The van der Waals surface area contributed by atoms with E-state index in [1.165, 1.54) is 25.7 Å². The van der Waals surface area contributed by atoms with Gasteiger partial charge in [-0.3, -0.25) is 4.79 Å². The molecule has 0 aromatic rings. The number of amides is 1. The van der Waals surface area contributed by atoms with Crippen LogP contribution in [-0.4, -0.2) is 23.9 Å². The lowest BCUT2D eigenvalue weighted by atomic mass is 9.85. The Kier molecular flexibility index (Phi) is 3.03. The summed E-state index contributed by atoms with van der Waals surface area (Å²) in [6.07, 6.45) is 6.27. The van der Waals surface area contributed by atoms with Gasteiger partial charge in [-0.15, -0.1) is 0 Å². The fraction of sp³-hybridized carbons (Fsp3) is 0.923. The van der Waals surface area contributed by atoms with Gasteiger partial charge >= 0.3 is 0 Å². The third-order valence-electron chi connectivity index (χ3n) is 4.34. The van der Waals surface area contributed by atoms with Crippen molar-refractivity contribution in [3.8, 4) is 0 Å². The number of hydrogen-bond acceptors (Lipinski definition) is 1. The highest BCUT2D eigenvalue weighted by Crippen LogP contribution is 2.40. The standard InChI is InChI=1S/C13H23NO/c1-9-6-4-5-7-12(9)14(3)13(15)11-8-10(11)2/h9-12H,4-8H2,1-3H3. The predicted octanol–water partition coefficient (Wildman–Crippen LogP) is 2.68. The van der Waals surface area contributed by atoms with Gasteiger partial charge in [-0.05, 0) is 31.1 Å². The summed E-state index contributed by atoms with van der Waals surface area (Å²) >= 11 is 0. The smallest absolute Gasteiger partial charge is 0.225 e. The average Bonchev–Trinajstić information content (AvgIpc) is 2.94. The fourth-order valence-corrected chi connectivity index (χ4v) is 2.96. The maximum Gasteiger partial charge on any atom is 0.225 e. The maximum atomic E-state index is 12.1. The minimum atomic E-state index is 0.351. The third kappa shape index (κ3) is 2.19. The van der Waals surface area contributed by atoms with Gasteiger partial charge in [0.1, 0.15) is 0 Å². The summed E-state index contributed by atoms with van der Waals surface area (Å²) in [4.78, 5) is 14.1. The summed E-state index contributed by atoms with van der Waals surface area (Å²) in [5, 5.41) is 0. The van der Waals surface area contributed by atoms with Crippen molar-refractivity contribution in [2.24, 2.45) is 17.8 Å². The lowest BCUT2D eigenvalue weighted by Gasteiger charge is -2.36. The molecule has 0 aromatic heterocycles. The van der Waals surface area contributed by atoms with Crippen molar-refractivity contribution in [2.75, 3.05) is 7.05 Å². The largest absolute Gasteiger partial charge is 0.342 e. The molecule has 15 heavy (non-hydrogen) atoms. The van der Waals surface area contributed by atoms with Crippen molar-refractivity contribution in [3.63, 3.8) is 0 Å². The van der Waals surface area contributed by atoms with Gasteiger partial charge in [0.2, 0.25) is 5.91 Å². The second-order valence-corrected chi connectivity index (χ2v) is 5.60. The van der Waals surface area contributed by atoms with Crippen LogP contribution in [0.4, 0.5) is 0 Å². The molecule has 0 heterocycles. The Morgan fingerprint density at radius 1 is 1.13 bits per heavy atom. The zero-order chi connectivity index (χ0) is 11.0. The maximum absolute atomic E-state index is 12.1. The Bertz CT molecular complexity index is 251. The topological polar surface area (TPSA) is 20.3 Å². The van der Waals surface area contributed by atoms with Crippen LogP contribution in [0.1, 0.15) is 46.0 Å². The van der Waals surface area contributed by atoms with E-state index in [-0.39, 0.29) is 0 Å². The molecule has 0 saturated heterocycles. The van der Waals surface area contributed by atoms with E-state index in [9.17, 15) is 4.79 Å². The summed E-state index contributed by atoms with van der Waals surface area (Å²) in [7, 11) is 2.01. The molecule has 2 rings (SSSR count). The Morgan fingerprint density at radius 3 is 2.27 bits per heavy atom. The molecule has 0 N–H and O–H groups in total. The minimum Gasteiger partial charge on any atom is -0.342 e. The molecule has 0 aromatic carbocycles. The Balaban J connectivity index is 1.93. The van der Waals surface area contributed by atoms with Crippen molar-refractivity contribution >= 4 is 5.91 Å². The van der Waals surface area contributed by atoms with Crippen LogP contribution >= 0.6 is 0 Å². The highest BCUT2D eigenvalue weighted by atomic mass is 16.2. The first-order valence-corrected chi connectivity index (χ1v) is 6.38. The van der Waals surface area contributed by atoms with Gasteiger partial charge in [0.05, 0.1) is 0 Å². The minimum absolute atomic E-state index is 0.351. The Morgan fingerprint density at radius 2 is 1.73 bits per heavy atom. The van der Waals surface area contributed by atoms with E-state index in [0.717, 1.165) is 6.42 Å². The van der Waals surface area contributed by atoms with Crippen LogP contribution in [0.3, 0.4) is 0 Å². The predicted molar refractivity (Wildman–Crippen MR) is 61.5 cm³/mol. The monoisotopic (exact) mass is 209 g/mol. The molecule has 4 atom stereocenters. The summed E-state index contributed by atoms with van der Waals surface area (Å²) in [6.45, 7) is 4.48. The fourth-order valence-electron chi connectivity index (χ4n) is 2.96. The van der Waals surface area contributed by atoms with Gasteiger partial charge in [-0.25, -0.2) is 0 Å². The molecule has 0 radical (unpaired) electrons. The van der Waals surface area contributed by atoms with E-state index < -0.39 is 0 Å². The third-order valence-corrected chi connectivity index (χ3v) is 4.34. The van der Waals surface area contributed by atoms with Gasteiger partial charge < -0.3 is 4.90 Å². The first-order chi connectivity index (χ1) is 7.11. The van der Waals surface area contributed by atoms with Crippen LogP contribution in [-0.2, 0) is 4.79 Å². The molecule has 0 bridgehead atoms. The molecule has 2 fully saturated rings. The quantitative estimate of drug-likeness (QED) is 0.684. The molecule has 1 amide bonds. The lowest BCUT2D eigenvalue weighted by Crippen LogP contribution is -2.43. The Labute approximate surface area is 93.0 Å². The normalized spacial score (nSPS) is 39.9. The Hall–Kier alpha value is -0.530.